The highest BCUT2D eigenvalue weighted by atomic mass is 32.2. The molecule has 33 heavy (non-hydrogen) atoms. The maximum Gasteiger partial charge on any atom is 0.273 e. The number of methoxy groups -OCH3 is 1. The Hall–Kier alpha value is -2.59. The number of nitrogens with zero attached hydrogens (tertiary/aromatic N) is 4. The molecule has 1 aliphatic heterocycles. The average molecular weight is 488 g/mol. The molecular weight excluding hydrogens is 458 g/mol. The lowest BCUT2D eigenvalue weighted by molar-refractivity contribution is -0.118. The van der Waals surface area contributed by atoms with E-state index < -0.39 is 0 Å². The molecule has 4 rings (SSSR count). The fourth-order valence-electron chi connectivity index (χ4n) is 3.79. The number of rotatable bonds is 9. The molecule has 1 N–H and O–H groups in total. The lowest BCUT2D eigenvalue weighted by atomic mass is 10.1. The van der Waals surface area contributed by atoms with Crippen LogP contribution >= 0.6 is 23.1 Å². The van der Waals surface area contributed by atoms with Crippen molar-refractivity contribution in [2.75, 3.05) is 30.9 Å². The predicted molar refractivity (Wildman–Crippen MR) is 134 cm³/mol. The number of hydrogen-bond donors (Lipinski definition) is 1. The summed E-state index contributed by atoms with van der Waals surface area (Å²) in [6.45, 7) is 4.94. The molecule has 8 nitrogen and oxygen atoms in total. The van der Waals surface area contributed by atoms with Gasteiger partial charge in [-0.15, -0.1) is 0 Å². The van der Waals surface area contributed by atoms with Crippen LogP contribution in [0.4, 0.5) is 5.13 Å². The van der Waals surface area contributed by atoms with E-state index in [9.17, 15) is 9.59 Å². The molecule has 2 aromatic heterocycles. The van der Waals surface area contributed by atoms with Gasteiger partial charge in [0.15, 0.2) is 15.9 Å². The summed E-state index contributed by atoms with van der Waals surface area (Å²) in [5, 5.41) is 4.33. The lowest BCUT2D eigenvalue weighted by Crippen LogP contribution is -2.29. The number of nitrogens with one attached hydrogen (secondary N) is 1. The summed E-state index contributed by atoms with van der Waals surface area (Å²) in [6, 6.07) is 7.59. The van der Waals surface area contributed by atoms with Crippen molar-refractivity contribution in [2.45, 2.75) is 50.9 Å². The van der Waals surface area contributed by atoms with Gasteiger partial charge in [0.25, 0.3) is 5.56 Å². The van der Waals surface area contributed by atoms with Crippen molar-refractivity contribution in [3.8, 4) is 5.75 Å². The van der Waals surface area contributed by atoms with Crippen LogP contribution in [0.5, 0.6) is 5.75 Å². The SMILES string of the molecule is CCCn1c(SCC(=O)NCc2cccc(OC)c2)nc2nc(N3CCCCC3)sc2c1=O. The number of ether oxygens (including phenoxy) is 1. The smallest absolute Gasteiger partial charge is 0.273 e. The minimum absolute atomic E-state index is 0.0677. The minimum Gasteiger partial charge on any atom is -0.497 e. The average Bonchev–Trinajstić information content (AvgIpc) is 3.28. The molecule has 176 valence electrons. The number of fused-ring (bicyclic) bond motifs is 1. The van der Waals surface area contributed by atoms with E-state index in [0.717, 1.165) is 48.8 Å². The standard InChI is InChI=1S/C23H29N5O3S2/c1-3-10-28-21(30)19-20(25-22(33-19)27-11-5-4-6-12-27)26-23(28)32-15-18(29)24-14-16-8-7-9-17(13-16)31-2/h7-9,13H,3-6,10-12,14-15H2,1-2H3,(H,24,29). The van der Waals surface area contributed by atoms with Crippen molar-refractivity contribution in [3.63, 3.8) is 0 Å². The van der Waals surface area contributed by atoms with Gasteiger partial charge in [0, 0.05) is 26.2 Å². The van der Waals surface area contributed by atoms with E-state index >= 15 is 0 Å². The summed E-state index contributed by atoms with van der Waals surface area (Å²) in [5.41, 5.74) is 1.38. The lowest BCUT2D eigenvalue weighted by Gasteiger charge is -2.25. The molecule has 0 radical (unpaired) electrons. The van der Waals surface area contributed by atoms with E-state index in [1.807, 2.05) is 31.2 Å². The Balaban J connectivity index is 1.47. The zero-order chi connectivity index (χ0) is 23.2. The molecule has 10 heteroatoms. The van der Waals surface area contributed by atoms with Crippen molar-refractivity contribution >= 4 is 44.5 Å². The molecule has 0 spiro atoms. The van der Waals surface area contributed by atoms with E-state index in [1.165, 1.54) is 29.5 Å². The summed E-state index contributed by atoms with van der Waals surface area (Å²) in [7, 11) is 1.62. The van der Waals surface area contributed by atoms with E-state index in [2.05, 4.69) is 20.2 Å². The molecule has 1 saturated heterocycles. The van der Waals surface area contributed by atoms with Gasteiger partial charge < -0.3 is 15.0 Å². The summed E-state index contributed by atoms with van der Waals surface area (Å²) in [5.74, 6) is 0.811. The number of hydrogen-bond acceptors (Lipinski definition) is 8. The van der Waals surface area contributed by atoms with Gasteiger partial charge in [0.1, 0.15) is 10.4 Å². The summed E-state index contributed by atoms with van der Waals surface area (Å²) >= 11 is 2.71. The third-order valence-electron chi connectivity index (χ3n) is 5.50. The fourth-order valence-corrected chi connectivity index (χ4v) is 5.64. The third-order valence-corrected chi connectivity index (χ3v) is 7.57. The second-order valence-corrected chi connectivity index (χ2v) is 9.89. The molecule has 0 unspecified atom stereocenters. The highest BCUT2D eigenvalue weighted by Crippen LogP contribution is 2.29. The predicted octanol–water partition coefficient (Wildman–Crippen LogP) is 3.67. The first-order valence-corrected chi connectivity index (χ1v) is 13.1. The van der Waals surface area contributed by atoms with Crippen molar-refractivity contribution in [1.82, 2.24) is 19.9 Å². The Morgan fingerprint density at radius 2 is 2.06 bits per heavy atom. The fraction of sp³-hybridized carbons (Fsp3) is 0.478. The topological polar surface area (TPSA) is 89.3 Å². The molecule has 0 bridgehead atoms. The Labute approximate surface area is 201 Å². The Bertz CT molecular complexity index is 1170. The Kier molecular flexibility index (Phi) is 7.87. The monoisotopic (exact) mass is 487 g/mol. The molecular formula is C23H29N5O3S2. The first-order chi connectivity index (χ1) is 16.1. The van der Waals surface area contributed by atoms with Crippen LogP contribution in [-0.2, 0) is 17.9 Å². The molecule has 1 amide bonds. The van der Waals surface area contributed by atoms with Crippen LogP contribution in [0, 0.1) is 0 Å². The van der Waals surface area contributed by atoms with Crippen molar-refractivity contribution in [1.29, 1.82) is 0 Å². The maximum atomic E-state index is 13.2. The van der Waals surface area contributed by atoms with Crippen molar-refractivity contribution < 1.29 is 9.53 Å². The van der Waals surface area contributed by atoms with Crippen LogP contribution in [0.15, 0.2) is 34.2 Å². The van der Waals surface area contributed by atoms with Gasteiger partial charge in [-0.2, -0.15) is 4.98 Å². The number of amides is 1. The van der Waals surface area contributed by atoms with Gasteiger partial charge >= 0.3 is 0 Å². The van der Waals surface area contributed by atoms with E-state index in [4.69, 9.17) is 4.74 Å². The molecule has 1 aliphatic rings. The van der Waals surface area contributed by atoms with Gasteiger partial charge in [-0.25, -0.2) is 4.98 Å². The second kappa shape index (κ2) is 11.0. The molecule has 0 aliphatic carbocycles. The van der Waals surface area contributed by atoms with Gasteiger partial charge in [-0.1, -0.05) is 42.2 Å². The second-order valence-electron chi connectivity index (χ2n) is 7.96. The van der Waals surface area contributed by atoms with E-state index in [1.54, 1.807) is 11.7 Å². The first-order valence-electron chi connectivity index (χ1n) is 11.3. The van der Waals surface area contributed by atoms with E-state index in [0.29, 0.717) is 28.6 Å². The zero-order valence-corrected chi connectivity index (χ0v) is 20.6. The molecule has 3 aromatic rings. The van der Waals surface area contributed by atoms with Crippen molar-refractivity contribution in [2.24, 2.45) is 0 Å². The number of piperidine rings is 1. The van der Waals surface area contributed by atoms with Crippen LogP contribution in [0.1, 0.15) is 38.2 Å². The largest absolute Gasteiger partial charge is 0.497 e. The van der Waals surface area contributed by atoms with E-state index in [-0.39, 0.29) is 17.2 Å². The Morgan fingerprint density at radius 3 is 2.82 bits per heavy atom. The summed E-state index contributed by atoms with van der Waals surface area (Å²) in [4.78, 5) is 37.3. The number of carbonyl (C=O) groups excluding carboxylic acids is 1. The Morgan fingerprint density at radius 1 is 1.24 bits per heavy atom. The van der Waals surface area contributed by atoms with Gasteiger partial charge in [0.2, 0.25) is 5.91 Å². The minimum atomic E-state index is -0.118. The molecule has 3 heterocycles. The molecule has 0 saturated carbocycles. The molecule has 1 fully saturated rings. The zero-order valence-electron chi connectivity index (χ0n) is 19.0. The van der Waals surface area contributed by atoms with Crippen molar-refractivity contribution in [3.05, 3.63) is 40.2 Å². The normalized spacial score (nSPS) is 13.9. The quantitative estimate of drug-likeness (QED) is 0.364. The molecule has 0 atom stereocenters. The summed E-state index contributed by atoms with van der Waals surface area (Å²) < 4.78 is 7.50. The van der Waals surface area contributed by atoms with Crippen LogP contribution in [-0.4, -0.2) is 46.4 Å². The number of thiazole rings is 1. The van der Waals surface area contributed by atoms with Crippen LogP contribution in [0.3, 0.4) is 0 Å². The third kappa shape index (κ3) is 5.67. The van der Waals surface area contributed by atoms with Crippen LogP contribution < -0.4 is 20.5 Å². The number of aromatic nitrogens is 3. The van der Waals surface area contributed by atoms with Gasteiger partial charge in [0.05, 0.1) is 12.9 Å². The number of benzene rings is 1. The highest BCUT2D eigenvalue weighted by Gasteiger charge is 2.20. The number of thioether (sulfide) groups is 1. The number of carbonyl (C=O) groups is 1. The van der Waals surface area contributed by atoms with Gasteiger partial charge in [-0.05, 0) is 43.4 Å². The number of anilines is 1. The van der Waals surface area contributed by atoms with Crippen LogP contribution in [0.2, 0.25) is 0 Å². The maximum absolute atomic E-state index is 13.2. The summed E-state index contributed by atoms with van der Waals surface area (Å²) in [6.07, 6.45) is 4.34. The van der Waals surface area contributed by atoms with Crippen LogP contribution in [0.25, 0.3) is 10.3 Å². The van der Waals surface area contributed by atoms with Gasteiger partial charge in [-0.3, -0.25) is 14.2 Å². The first kappa shape index (κ1) is 23.6. The molecule has 1 aromatic carbocycles. The highest BCUT2D eigenvalue weighted by molar-refractivity contribution is 7.99.